The van der Waals surface area contributed by atoms with Gasteiger partial charge in [0.15, 0.2) is 0 Å². The van der Waals surface area contributed by atoms with Gasteiger partial charge in [-0.3, -0.25) is 0 Å². The van der Waals surface area contributed by atoms with Crippen molar-refractivity contribution >= 4 is 33.7 Å². The van der Waals surface area contributed by atoms with Gasteiger partial charge in [-0.15, -0.1) is 0 Å². The van der Waals surface area contributed by atoms with Crippen molar-refractivity contribution in [1.82, 2.24) is 0 Å². The fraction of sp³-hybridized carbons (Fsp3) is 0. The van der Waals surface area contributed by atoms with E-state index in [2.05, 4.69) is 22.5 Å². The molecule has 0 aromatic heterocycles. The van der Waals surface area contributed by atoms with Crippen LogP contribution in [-0.2, 0) is 18.9 Å². The third-order valence-electron chi connectivity index (χ3n) is 0.859. The summed E-state index contributed by atoms with van der Waals surface area (Å²) in [5.74, 6) is -1.17. The standard InChI is InChI=1S/C6H6B3O4/c1-3-5(10)12-8-7-9-13-6(11)4-2/h3-4H,1-2H2. The van der Waals surface area contributed by atoms with Crippen LogP contribution in [0.25, 0.3) is 0 Å². The maximum atomic E-state index is 10.4. The lowest BCUT2D eigenvalue weighted by Gasteiger charge is -1.98. The van der Waals surface area contributed by atoms with Crippen LogP contribution in [-0.4, -0.2) is 33.7 Å². The van der Waals surface area contributed by atoms with Gasteiger partial charge in [0.2, 0.25) is 0 Å². The quantitative estimate of drug-likeness (QED) is 0.301. The molecule has 0 rings (SSSR count). The molecule has 0 spiro atoms. The van der Waals surface area contributed by atoms with Gasteiger partial charge in [0.25, 0.3) is 0 Å². The second-order valence-corrected chi connectivity index (χ2v) is 1.75. The van der Waals surface area contributed by atoms with Gasteiger partial charge in [-0.2, -0.15) is 0 Å². The molecule has 13 heavy (non-hydrogen) atoms. The molecule has 0 atom stereocenters. The molecule has 0 unspecified atom stereocenters. The first kappa shape index (κ1) is 11.6. The Morgan fingerprint density at radius 1 is 1.00 bits per heavy atom. The van der Waals surface area contributed by atoms with Crippen LogP contribution >= 0.6 is 0 Å². The maximum Gasteiger partial charge on any atom is 0.313 e. The number of rotatable bonds is 6. The van der Waals surface area contributed by atoms with E-state index in [4.69, 9.17) is 0 Å². The zero-order valence-electron chi connectivity index (χ0n) is 6.93. The van der Waals surface area contributed by atoms with E-state index in [0.717, 1.165) is 26.9 Å². The Hall–Kier alpha value is -1.39. The molecule has 0 aromatic carbocycles. The summed E-state index contributed by atoms with van der Waals surface area (Å²) in [6.45, 7) is 6.37. The predicted octanol–water partition coefficient (Wildman–Crippen LogP) is -0.783. The second-order valence-electron chi connectivity index (χ2n) is 1.75. The molecule has 0 heterocycles. The molecule has 4 nitrogen and oxygen atoms in total. The number of carbonyl (C=O) groups is 2. The van der Waals surface area contributed by atoms with E-state index in [1.54, 1.807) is 0 Å². The molecule has 0 aliphatic rings. The molecule has 0 aromatic rings. The first-order chi connectivity index (χ1) is 6.20. The third-order valence-corrected chi connectivity index (χ3v) is 0.859. The van der Waals surface area contributed by atoms with E-state index in [1.807, 2.05) is 0 Å². The molecule has 0 fully saturated rings. The van der Waals surface area contributed by atoms with E-state index in [0.29, 0.717) is 0 Å². The largest absolute Gasteiger partial charge is 0.547 e. The fourth-order valence-corrected chi connectivity index (χ4v) is 0.341. The Balaban J connectivity index is 3.26. The van der Waals surface area contributed by atoms with Crippen molar-refractivity contribution < 1.29 is 18.9 Å². The Bertz CT molecular complexity index is 194. The lowest BCUT2D eigenvalue weighted by atomic mass is 9.32. The van der Waals surface area contributed by atoms with Gasteiger partial charge in [0, 0.05) is 12.2 Å². The van der Waals surface area contributed by atoms with Crippen molar-refractivity contribution in [3.63, 3.8) is 0 Å². The number of hydrogen-bond donors (Lipinski definition) is 0. The Labute approximate surface area is 78.7 Å². The monoisotopic (exact) mass is 175 g/mol. The topological polar surface area (TPSA) is 52.6 Å². The lowest BCUT2D eigenvalue weighted by molar-refractivity contribution is -0.129. The highest BCUT2D eigenvalue weighted by Gasteiger charge is 2.04. The number of carbonyl (C=O) groups excluding carboxylic acids is 2. The normalized spacial score (nSPS) is 7.69. The fourth-order valence-electron chi connectivity index (χ4n) is 0.341. The Kier molecular flexibility index (Phi) is 6.50. The Morgan fingerprint density at radius 2 is 1.38 bits per heavy atom. The summed E-state index contributed by atoms with van der Waals surface area (Å²) < 4.78 is 8.84. The smallest absolute Gasteiger partial charge is 0.313 e. The zero-order valence-corrected chi connectivity index (χ0v) is 6.93. The van der Waals surface area contributed by atoms with E-state index >= 15 is 0 Å². The van der Waals surface area contributed by atoms with E-state index in [9.17, 15) is 9.59 Å². The van der Waals surface area contributed by atoms with E-state index in [-0.39, 0.29) is 0 Å². The minimum atomic E-state index is -0.584. The highest BCUT2D eigenvalue weighted by molar-refractivity contribution is 7.26. The molecule has 0 saturated heterocycles. The third kappa shape index (κ3) is 6.99. The van der Waals surface area contributed by atoms with Crippen LogP contribution in [0.2, 0.25) is 0 Å². The summed E-state index contributed by atoms with van der Waals surface area (Å²) in [6.07, 6.45) is 2.03. The van der Waals surface area contributed by atoms with Crippen LogP contribution in [0.3, 0.4) is 0 Å². The maximum absolute atomic E-state index is 10.4. The van der Waals surface area contributed by atoms with E-state index in [1.165, 1.54) is 7.06 Å². The molecule has 0 bridgehead atoms. The predicted molar refractivity (Wildman–Crippen MR) is 49.8 cm³/mol. The van der Waals surface area contributed by atoms with Gasteiger partial charge in [-0.05, 0) is 0 Å². The average molecular weight is 175 g/mol. The molecule has 0 aliphatic heterocycles. The Morgan fingerprint density at radius 3 is 1.69 bits per heavy atom. The van der Waals surface area contributed by atoms with Crippen molar-refractivity contribution in [2.45, 2.75) is 0 Å². The average Bonchev–Trinajstić information content (AvgIpc) is 2.16. The first-order valence-corrected chi connectivity index (χ1v) is 3.35. The molecule has 0 saturated carbocycles. The summed E-state index contributed by atoms with van der Waals surface area (Å²) >= 11 is 0. The molecule has 63 valence electrons. The molecular weight excluding hydrogens is 168 g/mol. The van der Waals surface area contributed by atoms with Gasteiger partial charge in [-0.25, -0.2) is 9.59 Å². The zero-order chi connectivity index (χ0) is 10.1. The highest BCUT2D eigenvalue weighted by atomic mass is 16.5. The van der Waals surface area contributed by atoms with Gasteiger partial charge >= 0.3 is 26.7 Å². The molecule has 0 amide bonds. The van der Waals surface area contributed by atoms with Crippen LogP contribution in [0, 0.1) is 0 Å². The van der Waals surface area contributed by atoms with Crippen molar-refractivity contribution in [3.8, 4) is 0 Å². The summed E-state index contributed by atoms with van der Waals surface area (Å²) in [4.78, 5) is 20.9. The van der Waals surface area contributed by atoms with Crippen LogP contribution in [0.15, 0.2) is 25.3 Å². The lowest BCUT2D eigenvalue weighted by Crippen LogP contribution is -2.22. The van der Waals surface area contributed by atoms with Gasteiger partial charge in [0.05, 0.1) is 0 Å². The highest BCUT2D eigenvalue weighted by Crippen LogP contribution is 1.77. The molecule has 0 N–H and O–H groups in total. The van der Waals surface area contributed by atoms with Crippen LogP contribution in [0.5, 0.6) is 0 Å². The summed E-state index contributed by atoms with van der Waals surface area (Å²) in [6, 6.07) is 0. The SMILES string of the molecule is C=CC(=O)O[B][B][B]OC(=O)C=C. The van der Waals surface area contributed by atoms with E-state index < -0.39 is 11.9 Å². The van der Waals surface area contributed by atoms with Crippen LogP contribution in [0.4, 0.5) is 0 Å². The summed E-state index contributed by atoms with van der Waals surface area (Å²) in [7, 11) is 3.39. The summed E-state index contributed by atoms with van der Waals surface area (Å²) in [5, 5.41) is 0. The van der Waals surface area contributed by atoms with Gasteiger partial charge in [-0.1, -0.05) is 13.2 Å². The van der Waals surface area contributed by atoms with Gasteiger partial charge in [0.1, 0.15) is 7.06 Å². The van der Waals surface area contributed by atoms with Crippen molar-refractivity contribution in [2.24, 2.45) is 0 Å². The molecule has 3 radical (unpaired) electrons. The van der Waals surface area contributed by atoms with Crippen molar-refractivity contribution in [2.75, 3.05) is 0 Å². The summed E-state index contributed by atoms with van der Waals surface area (Å²) in [5.41, 5.74) is 0. The van der Waals surface area contributed by atoms with Crippen LogP contribution < -0.4 is 0 Å². The minimum absolute atomic E-state index is 0.584. The molecular formula is C6H6B3O4. The van der Waals surface area contributed by atoms with Crippen molar-refractivity contribution in [3.05, 3.63) is 25.3 Å². The molecule has 0 aliphatic carbocycles. The first-order valence-electron chi connectivity index (χ1n) is 3.35. The van der Waals surface area contributed by atoms with Crippen molar-refractivity contribution in [1.29, 1.82) is 0 Å². The minimum Gasteiger partial charge on any atom is -0.547 e. The van der Waals surface area contributed by atoms with Crippen LogP contribution in [0.1, 0.15) is 0 Å². The molecule has 7 heteroatoms. The second kappa shape index (κ2) is 7.27. The number of hydrogen-bond acceptors (Lipinski definition) is 4. The van der Waals surface area contributed by atoms with Gasteiger partial charge < -0.3 is 9.31 Å².